The lowest BCUT2D eigenvalue weighted by Gasteiger charge is -2.28. The Morgan fingerprint density at radius 3 is 1.90 bits per heavy atom. The molecule has 0 radical (unpaired) electrons. The van der Waals surface area contributed by atoms with Gasteiger partial charge in [-0.05, 0) is 135 Å². The minimum absolute atomic E-state index is 0.166. The molecule has 7 rings (SSSR count). The van der Waals surface area contributed by atoms with E-state index in [4.69, 9.17) is 14.2 Å². The number of likely N-dealkylation sites (tertiary alicyclic amines) is 2. The van der Waals surface area contributed by atoms with Crippen molar-refractivity contribution in [3.05, 3.63) is 83.4 Å². The van der Waals surface area contributed by atoms with E-state index in [1.165, 1.54) is 75.9 Å². The second-order valence-electron chi connectivity index (χ2n) is 12.0. The molecule has 3 fully saturated rings. The molecule has 3 aromatic carbocycles. The van der Waals surface area contributed by atoms with Gasteiger partial charge in [0.05, 0.1) is 0 Å². The normalized spacial score (nSPS) is 19.6. The molecule has 0 atom stereocenters. The Morgan fingerprint density at radius 1 is 0.732 bits per heavy atom. The Morgan fingerprint density at radius 2 is 1.29 bits per heavy atom. The minimum Gasteiger partial charge on any atom is -0.508 e. The predicted molar refractivity (Wildman–Crippen MR) is 162 cm³/mol. The summed E-state index contributed by atoms with van der Waals surface area (Å²) < 4.78 is 18.0. The van der Waals surface area contributed by atoms with Crippen molar-refractivity contribution in [3.8, 4) is 23.0 Å². The van der Waals surface area contributed by atoms with E-state index >= 15 is 0 Å². The third-order valence-corrected chi connectivity index (χ3v) is 8.86. The number of nitrogens with zero attached hydrogens (tertiary/aromatic N) is 2. The van der Waals surface area contributed by atoms with E-state index in [2.05, 4.69) is 46.2 Å². The lowest BCUT2D eigenvalue weighted by molar-refractivity contribution is 0.109. The van der Waals surface area contributed by atoms with E-state index in [0.29, 0.717) is 5.92 Å². The molecule has 1 N–H and O–H groups in total. The minimum atomic E-state index is 0.166. The first-order chi connectivity index (χ1) is 20.2. The summed E-state index contributed by atoms with van der Waals surface area (Å²) in [5.41, 5.74) is 5.93. The molecule has 0 amide bonds. The first-order valence-electron chi connectivity index (χ1n) is 15.3. The Hall–Kier alpha value is -3.48. The van der Waals surface area contributed by atoms with Gasteiger partial charge in [-0.2, -0.15) is 0 Å². The van der Waals surface area contributed by atoms with Crippen molar-refractivity contribution in [1.82, 2.24) is 9.80 Å². The van der Waals surface area contributed by atoms with Gasteiger partial charge in [-0.3, -0.25) is 9.80 Å². The van der Waals surface area contributed by atoms with E-state index in [9.17, 15) is 5.11 Å². The van der Waals surface area contributed by atoms with Gasteiger partial charge in [-0.15, -0.1) is 0 Å². The highest BCUT2D eigenvalue weighted by Crippen LogP contribution is 2.49. The maximum absolute atomic E-state index is 10.0. The van der Waals surface area contributed by atoms with Crippen LogP contribution in [0.5, 0.6) is 23.0 Å². The smallest absolute Gasteiger partial charge is 0.231 e. The van der Waals surface area contributed by atoms with Crippen LogP contribution in [0.1, 0.15) is 55.2 Å². The molecule has 0 bridgehead atoms. The van der Waals surface area contributed by atoms with Crippen LogP contribution in [0.25, 0.3) is 11.1 Å². The van der Waals surface area contributed by atoms with E-state index in [-0.39, 0.29) is 18.6 Å². The molecule has 0 aromatic heterocycles. The second kappa shape index (κ2) is 11.8. The Labute approximate surface area is 243 Å². The van der Waals surface area contributed by atoms with Crippen LogP contribution in [0.4, 0.5) is 0 Å². The van der Waals surface area contributed by atoms with Gasteiger partial charge in [0.1, 0.15) is 17.6 Å². The molecule has 41 heavy (non-hydrogen) atoms. The van der Waals surface area contributed by atoms with E-state index in [1.54, 1.807) is 12.1 Å². The number of fused-ring (bicyclic) bond motifs is 1. The van der Waals surface area contributed by atoms with Crippen LogP contribution in [0, 0.1) is 5.92 Å². The van der Waals surface area contributed by atoms with Crippen molar-refractivity contribution in [3.63, 3.8) is 0 Å². The van der Waals surface area contributed by atoms with Gasteiger partial charge in [0.25, 0.3) is 0 Å². The van der Waals surface area contributed by atoms with Gasteiger partial charge < -0.3 is 19.3 Å². The summed E-state index contributed by atoms with van der Waals surface area (Å²) in [6, 6.07) is 22.6. The van der Waals surface area contributed by atoms with Crippen molar-refractivity contribution in [1.29, 1.82) is 0 Å². The van der Waals surface area contributed by atoms with Crippen LogP contribution >= 0.6 is 0 Å². The first kappa shape index (κ1) is 26.4. The zero-order valence-electron chi connectivity index (χ0n) is 23.8. The maximum atomic E-state index is 10.0. The standard InChI is InChI=1S/C35H40N2O4/c38-29-12-7-26(8-13-29)34(35(25-5-6-25)28-11-16-32-33(21-28)40-24-39-32)27-9-14-30(15-10-27)41-31(22-36-17-1-2-18-36)23-37-19-3-4-20-37/h7-16,21,25,31,38H,1-6,17-20,22-24H2. The Balaban J connectivity index is 1.21. The number of rotatable bonds is 10. The van der Waals surface area contributed by atoms with E-state index in [0.717, 1.165) is 47.0 Å². The predicted octanol–water partition coefficient (Wildman–Crippen LogP) is 6.43. The molecule has 4 aliphatic rings. The quantitative estimate of drug-likeness (QED) is 0.293. The van der Waals surface area contributed by atoms with Crippen LogP contribution in [0.2, 0.25) is 0 Å². The number of allylic oxidation sites excluding steroid dienone is 1. The van der Waals surface area contributed by atoms with Gasteiger partial charge in [0.15, 0.2) is 11.5 Å². The first-order valence-corrected chi connectivity index (χ1v) is 15.3. The Bertz CT molecular complexity index is 1350. The summed E-state index contributed by atoms with van der Waals surface area (Å²) in [5.74, 6) is 3.29. The molecule has 6 heteroatoms. The summed E-state index contributed by atoms with van der Waals surface area (Å²) in [6.07, 6.45) is 7.69. The molecule has 1 saturated carbocycles. The highest BCUT2D eigenvalue weighted by molar-refractivity contribution is 6.00. The van der Waals surface area contributed by atoms with Crippen molar-refractivity contribution in [2.24, 2.45) is 5.92 Å². The third-order valence-electron chi connectivity index (χ3n) is 8.86. The molecule has 6 nitrogen and oxygen atoms in total. The van der Waals surface area contributed by atoms with Gasteiger partial charge in [0.2, 0.25) is 6.79 Å². The molecule has 3 aromatic rings. The van der Waals surface area contributed by atoms with Gasteiger partial charge in [-0.25, -0.2) is 0 Å². The molecule has 2 saturated heterocycles. The fourth-order valence-corrected chi connectivity index (χ4v) is 6.66. The Kier molecular flexibility index (Phi) is 7.60. The van der Waals surface area contributed by atoms with Gasteiger partial charge in [0, 0.05) is 13.1 Å². The van der Waals surface area contributed by atoms with Gasteiger partial charge >= 0.3 is 0 Å². The number of ether oxygens (including phenoxy) is 3. The molecule has 0 spiro atoms. The molecule has 3 aliphatic heterocycles. The highest BCUT2D eigenvalue weighted by Gasteiger charge is 2.32. The van der Waals surface area contributed by atoms with Crippen LogP contribution in [-0.2, 0) is 0 Å². The van der Waals surface area contributed by atoms with Crippen LogP contribution in [0.3, 0.4) is 0 Å². The number of aromatic hydroxyl groups is 1. The van der Waals surface area contributed by atoms with E-state index in [1.807, 2.05) is 18.2 Å². The van der Waals surface area contributed by atoms with Crippen LogP contribution in [-0.4, -0.2) is 67.1 Å². The second-order valence-corrected chi connectivity index (χ2v) is 12.0. The van der Waals surface area contributed by atoms with Crippen molar-refractivity contribution in [2.45, 2.75) is 44.6 Å². The number of phenols is 1. The summed E-state index contributed by atoms with van der Waals surface area (Å²) in [5, 5.41) is 10.0. The van der Waals surface area contributed by atoms with Crippen molar-refractivity contribution >= 4 is 11.1 Å². The maximum Gasteiger partial charge on any atom is 0.231 e. The fourth-order valence-electron chi connectivity index (χ4n) is 6.66. The number of hydrogen-bond donors (Lipinski definition) is 1. The largest absolute Gasteiger partial charge is 0.508 e. The van der Waals surface area contributed by atoms with Crippen molar-refractivity contribution in [2.75, 3.05) is 46.1 Å². The molecular formula is C35H40N2O4. The third kappa shape index (κ3) is 6.09. The lowest BCUT2D eigenvalue weighted by Crippen LogP contribution is -2.41. The molecule has 214 valence electrons. The lowest BCUT2D eigenvalue weighted by atomic mass is 9.87. The van der Waals surface area contributed by atoms with Crippen LogP contribution in [0.15, 0.2) is 66.7 Å². The summed E-state index contributed by atoms with van der Waals surface area (Å²) in [7, 11) is 0. The molecule has 1 aliphatic carbocycles. The zero-order chi connectivity index (χ0) is 27.6. The molecule has 0 unspecified atom stereocenters. The highest BCUT2D eigenvalue weighted by atomic mass is 16.7. The average Bonchev–Trinajstić information content (AvgIpc) is 3.35. The van der Waals surface area contributed by atoms with Crippen molar-refractivity contribution < 1.29 is 19.3 Å². The SMILES string of the molecule is Oc1ccc(C(=C(c2ccc3c(c2)OCO3)C2CC2)c2ccc(OC(CN3CCCC3)CN3CCCC3)cc2)cc1. The average molecular weight is 553 g/mol. The summed E-state index contributed by atoms with van der Waals surface area (Å²) in [4.78, 5) is 5.13. The topological polar surface area (TPSA) is 54.4 Å². The summed E-state index contributed by atoms with van der Waals surface area (Å²) >= 11 is 0. The monoisotopic (exact) mass is 552 g/mol. The molecular weight excluding hydrogens is 512 g/mol. The number of benzene rings is 3. The van der Waals surface area contributed by atoms with Gasteiger partial charge in [-0.1, -0.05) is 30.3 Å². The molecule has 3 heterocycles. The fraction of sp³-hybridized carbons (Fsp3) is 0.429. The van der Waals surface area contributed by atoms with Crippen LogP contribution < -0.4 is 14.2 Å². The number of phenolic OH excluding ortho intramolecular Hbond substituents is 1. The zero-order valence-corrected chi connectivity index (χ0v) is 23.8. The summed E-state index contributed by atoms with van der Waals surface area (Å²) in [6.45, 7) is 6.99. The number of hydrogen-bond acceptors (Lipinski definition) is 6. The van der Waals surface area contributed by atoms with E-state index < -0.39 is 0 Å².